The van der Waals surface area contributed by atoms with Crippen LogP contribution in [0.2, 0.25) is 0 Å². The number of ketones is 8. The van der Waals surface area contributed by atoms with Crippen molar-refractivity contribution in [3.63, 3.8) is 0 Å². The highest BCUT2D eigenvalue weighted by molar-refractivity contribution is 5.96. The molecule has 0 aromatic carbocycles. The number of carbonyl (C=O) groups excluding carboxylic acids is 8. The molecule has 0 radical (unpaired) electrons. The van der Waals surface area contributed by atoms with Gasteiger partial charge in [-0.1, -0.05) is 77.7 Å². The zero-order chi connectivity index (χ0) is 75.0. The zero-order valence-electron chi connectivity index (χ0n) is 62.2. The Morgan fingerprint density at radius 1 is 0.365 bits per heavy atom. The first-order valence-corrected chi connectivity index (χ1v) is 39.8. The van der Waals surface area contributed by atoms with E-state index in [1.165, 1.54) is 0 Å². The van der Waals surface area contributed by atoms with Crippen molar-refractivity contribution >= 4 is 46.3 Å². The predicted octanol–water partition coefficient (Wildman–Crippen LogP) is 5.96. The Hall–Kier alpha value is -4.16. The third kappa shape index (κ3) is 7.99. The molecule has 0 aromatic rings. The Balaban J connectivity index is 1.00. The summed E-state index contributed by atoms with van der Waals surface area (Å²) in [6.07, 6.45) is 3.46. The minimum absolute atomic E-state index is 0.0181. The van der Waals surface area contributed by atoms with Crippen LogP contribution in [0.4, 0.5) is 0 Å². The molecule has 16 aliphatic carbocycles. The molecule has 0 heterocycles. The second-order valence-electron chi connectivity index (χ2n) is 39.2. The summed E-state index contributed by atoms with van der Waals surface area (Å²) in [5.41, 5.74) is -21.2. The molecule has 20 nitrogen and oxygen atoms in total. The van der Waals surface area contributed by atoms with Crippen LogP contribution in [0.15, 0.2) is 46.6 Å². The van der Waals surface area contributed by atoms with E-state index in [9.17, 15) is 75.0 Å². The Bertz CT molecular complexity index is 3940. The Kier molecular flexibility index (Phi) is 16.4. The summed E-state index contributed by atoms with van der Waals surface area (Å²) in [6.45, 7) is 12.0. The van der Waals surface area contributed by atoms with Gasteiger partial charge in [0.1, 0.15) is 48.8 Å². The monoisotopic (exact) mass is 1440 g/mol. The first-order valence-electron chi connectivity index (χ1n) is 39.8. The summed E-state index contributed by atoms with van der Waals surface area (Å²) in [7, 11) is 0. The molecule has 0 bridgehead atoms. The maximum atomic E-state index is 16.3. The van der Waals surface area contributed by atoms with Crippen LogP contribution >= 0.6 is 0 Å². The molecule has 0 aromatic heterocycles. The fraction of sp³-hybridized carbons (Fsp3) is 0.810. The predicted molar refractivity (Wildman–Crippen MR) is 374 cm³/mol. The Morgan fingerprint density at radius 3 is 1.12 bits per heavy atom. The lowest BCUT2D eigenvalue weighted by atomic mass is 9.23. The maximum Gasteiger partial charge on any atom is 0.190 e. The molecular formula is C84H114O20. The highest BCUT2D eigenvalue weighted by Gasteiger charge is 2.87. The minimum atomic E-state index is -2.17. The van der Waals surface area contributed by atoms with Crippen LogP contribution in [-0.4, -0.2) is 181 Å². The smallest absolute Gasteiger partial charge is 0.190 e. The summed E-state index contributed by atoms with van der Waals surface area (Å²) < 4.78 is 0. The summed E-state index contributed by atoms with van der Waals surface area (Å²) in [5, 5.41) is 154. The number of allylic oxidation sites excluding steroid dienone is 4. The number of Topliss-reactive ketones (excluding diaryl/α,β-unsaturated/α-hetero) is 4. The molecule has 0 aliphatic heterocycles. The van der Waals surface area contributed by atoms with E-state index >= 15 is 24.6 Å². The number of hydrogen-bond acceptors (Lipinski definition) is 20. The lowest BCUT2D eigenvalue weighted by Crippen LogP contribution is -2.80. The van der Waals surface area contributed by atoms with E-state index in [2.05, 4.69) is 27.7 Å². The Labute approximate surface area is 609 Å². The van der Waals surface area contributed by atoms with Crippen LogP contribution in [0, 0.1) is 131 Å². The van der Waals surface area contributed by atoms with Crippen LogP contribution in [0.25, 0.3) is 0 Å². The third-order valence-corrected chi connectivity index (χ3v) is 37.9. The molecule has 20 heteroatoms. The van der Waals surface area contributed by atoms with Crippen molar-refractivity contribution in [2.45, 2.75) is 263 Å². The second kappa shape index (κ2) is 23.0. The van der Waals surface area contributed by atoms with Crippen molar-refractivity contribution in [2.24, 2.45) is 131 Å². The van der Waals surface area contributed by atoms with Crippen LogP contribution < -0.4 is 0 Å². The summed E-state index contributed by atoms with van der Waals surface area (Å²) in [4.78, 5) is 120. The average Bonchev–Trinajstić information content (AvgIpc) is 0.906. The number of hydrogen-bond donors (Lipinski definition) is 12. The molecule has 12 N–H and O–H groups in total. The quantitative estimate of drug-likeness (QED) is 0.114. The van der Waals surface area contributed by atoms with E-state index in [1.54, 1.807) is 24.3 Å². The van der Waals surface area contributed by atoms with E-state index in [-0.39, 0.29) is 151 Å². The molecular weight excluding hydrogens is 1330 g/mol. The van der Waals surface area contributed by atoms with Crippen molar-refractivity contribution in [2.75, 3.05) is 26.4 Å². The van der Waals surface area contributed by atoms with E-state index in [4.69, 9.17) is 0 Å². The third-order valence-electron chi connectivity index (χ3n) is 37.9. The lowest BCUT2D eigenvalue weighted by molar-refractivity contribution is -0.332. The van der Waals surface area contributed by atoms with Crippen LogP contribution in [-0.2, 0) is 38.4 Å². The van der Waals surface area contributed by atoms with E-state index < -0.39 is 221 Å². The first kappa shape index (κ1) is 74.0. The van der Waals surface area contributed by atoms with Crippen molar-refractivity contribution < 1.29 is 99.6 Å². The number of rotatable bonds is 11. The van der Waals surface area contributed by atoms with Gasteiger partial charge in [0.15, 0.2) is 46.3 Å². The topological polar surface area (TPSA) is 379 Å². The van der Waals surface area contributed by atoms with Gasteiger partial charge in [0.2, 0.25) is 0 Å². The van der Waals surface area contributed by atoms with E-state index in [0.29, 0.717) is 49.7 Å². The van der Waals surface area contributed by atoms with Gasteiger partial charge in [0, 0.05) is 74.4 Å². The van der Waals surface area contributed by atoms with Gasteiger partial charge in [0.05, 0.1) is 24.4 Å². The summed E-state index contributed by atoms with van der Waals surface area (Å²) >= 11 is 0. The van der Waals surface area contributed by atoms with E-state index in [1.807, 2.05) is 27.7 Å². The van der Waals surface area contributed by atoms with E-state index in [0.717, 1.165) is 11.1 Å². The van der Waals surface area contributed by atoms with Gasteiger partial charge in [-0.3, -0.25) is 38.4 Å². The van der Waals surface area contributed by atoms with Crippen LogP contribution in [0.3, 0.4) is 0 Å². The van der Waals surface area contributed by atoms with Gasteiger partial charge >= 0.3 is 0 Å². The zero-order valence-corrected chi connectivity index (χ0v) is 62.2. The largest absolute Gasteiger partial charge is 0.393 e. The highest BCUT2D eigenvalue weighted by Crippen LogP contribution is 2.88. The lowest BCUT2D eigenvalue weighted by Gasteiger charge is -2.81. The normalized spacial score (nSPS) is 55.3. The van der Waals surface area contributed by atoms with Gasteiger partial charge in [-0.2, -0.15) is 0 Å². The second-order valence-corrected chi connectivity index (χ2v) is 39.2. The van der Waals surface area contributed by atoms with Crippen LogP contribution in [0.1, 0.15) is 216 Å². The number of aliphatic hydroxyl groups is 12. The number of fused-ring (bicyclic) bond motifs is 20. The molecule has 104 heavy (non-hydrogen) atoms. The summed E-state index contributed by atoms with van der Waals surface area (Å²) in [5.74, 6) is -12.5. The van der Waals surface area contributed by atoms with Crippen LogP contribution in [0.5, 0.6) is 0 Å². The molecule has 16 aliphatic rings. The number of aliphatic hydroxyl groups excluding tert-OH is 8. The molecule has 12 saturated carbocycles. The van der Waals surface area contributed by atoms with Crippen molar-refractivity contribution in [3.05, 3.63) is 46.6 Å². The van der Waals surface area contributed by atoms with Gasteiger partial charge in [-0.15, -0.1) is 0 Å². The average molecular weight is 1440 g/mol. The Morgan fingerprint density at radius 2 is 0.692 bits per heavy atom. The van der Waals surface area contributed by atoms with Gasteiger partial charge < -0.3 is 61.3 Å². The van der Waals surface area contributed by atoms with Crippen molar-refractivity contribution in [1.29, 1.82) is 0 Å². The molecule has 570 valence electrons. The SMILES string of the molecule is C[C@]12CCC(=O)C=C1CC[C@H]1[C@@H]3CC[C@](O)(C(=O)CO)[C@@]3(C)C[C@H](O)[C@@]12C1CC(=O)C=C2CC[C@H]3[C@@H]4CC[C@](O)(C(=O)CO)[C@@]4(C)C[C@H](O)[C@]3(C3CC(=O)C=C4CC[C@H]5[C@@H]6CC[C@](O)(C(=O)CO)[C@@]6(C)C[C@H](O)[C@]5(C5CC(=O)C=C6CC[C@@H]7[C@H]([C@@H](O)C[C@@]8(C)[C@H]7CC[C@]8(O)C(=O)CO)[C@]65C)[C@]43C)[C@]21C. The maximum absolute atomic E-state index is 16.3. The minimum Gasteiger partial charge on any atom is -0.393 e. The molecule has 31 atom stereocenters. The molecule has 0 saturated heterocycles. The first-order chi connectivity index (χ1) is 48.7. The summed E-state index contributed by atoms with van der Waals surface area (Å²) in [6, 6.07) is 0. The molecule has 0 spiro atoms. The van der Waals surface area contributed by atoms with Gasteiger partial charge in [-0.05, 0) is 241 Å². The van der Waals surface area contributed by atoms with Crippen molar-refractivity contribution in [1.82, 2.24) is 0 Å². The highest BCUT2D eigenvalue weighted by atomic mass is 16.3. The molecule has 16 rings (SSSR count). The molecule has 3 unspecified atom stereocenters. The fourth-order valence-corrected chi connectivity index (χ4v) is 34.0. The van der Waals surface area contributed by atoms with Gasteiger partial charge in [0.25, 0.3) is 0 Å². The van der Waals surface area contributed by atoms with Crippen molar-refractivity contribution in [3.8, 4) is 0 Å². The molecule has 0 amide bonds. The fourth-order valence-electron chi connectivity index (χ4n) is 34.0. The molecule has 12 fully saturated rings. The standard InChI is InChI=1S/C84H114O20/c1-70-22-17-46(89)27-42(70)10-14-55-52-19-24-79(102,66(98)39-86)72(52,3)35-62(94)82(55,70)60-32-48(91)29-44-12-16-57-54-21-26-81(104,68(100)41-88)74(54,5)37-64(96)84(57,76(44,60)7)61-33-49(92)30-45-11-15-56-53-20-25-80(103,67(99)40-87)73(53,4)36-63(95)83(56,77(45,61)8)59-31-47(90)28-43-9-13-50-51-18-23-78(101,65(97)38-85)71(51,2)34-58(93)69(50)75(43,59)6/h27-30,50-64,69,85-88,93-96,101-104H,9-26,31-41H2,1-8H3/t50-,51-,52-,53-,54-,55-,56-,57-,58-,59?,60?,61?,62-,63-,64-,69+,70-,71-,72-,73-,74-,75+,76+,77+,78-,79-,80-,81-,82-,83-,84-/m0/s1. The number of carbonyl (C=O) groups is 8. The van der Waals surface area contributed by atoms with Gasteiger partial charge in [-0.25, -0.2) is 0 Å².